The molecule has 4 nitrogen and oxygen atoms in total. The van der Waals surface area contributed by atoms with Crippen molar-refractivity contribution < 1.29 is 9.47 Å². The fourth-order valence-electron chi connectivity index (χ4n) is 1.15. The van der Waals surface area contributed by atoms with Crippen molar-refractivity contribution in [1.29, 1.82) is 0 Å². The number of ether oxygens (including phenoxy) is 2. The van der Waals surface area contributed by atoms with Crippen molar-refractivity contribution in [1.82, 2.24) is 10.2 Å². The third-order valence-corrected chi connectivity index (χ3v) is 2.38. The molecule has 15 heavy (non-hydrogen) atoms. The number of rotatable bonds is 7. The van der Waals surface area contributed by atoms with Crippen LogP contribution in [0.3, 0.4) is 0 Å². The number of methoxy groups -OCH3 is 2. The van der Waals surface area contributed by atoms with E-state index in [0.717, 1.165) is 18.2 Å². The molecule has 0 spiro atoms. The van der Waals surface area contributed by atoms with Crippen LogP contribution in [0, 0.1) is 0 Å². The van der Waals surface area contributed by atoms with Gasteiger partial charge in [-0.1, -0.05) is 0 Å². The minimum absolute atomic E-state index is 0.377. The van der Waals surface area contributed by atoms with E-state index in [9.17, 15) is 0 Å². The summed E-state index contributed by atoms with van der Waals surface area (Å²) in [6.45, 7) is 7.12. The van der Waals surface area contributed by atoms with Gasteiger partial charge in [-0.3, -0.25) is 0 Å². The highest BCUT2D eigenvalue weighted by atomic mass is 32.1. The molecule has 0 fully saturated rings. The Kier molecular flexibility index (Phi) is 8.65. The number of hydrogen-bond donors (Lipinski definition) is 1. The summed E-state index contributed by atoms with van der Waals surface area (Å²) >= 11 is 5.28. The van der Waals surface area contributed by atoms with Crippen molar-refractivity contribution >= 4 is 17.3 Å². The van der Waals surface area contributed by atoms with Gasteiger partial charge >= 0.3 is 0 Å². The molecule has 0 bridgehead atoms. The van der Waals surface area contributed by atoms with E-state index in [2.05, 4.69) is 24.1 Å². The van der Waals surface area contributed by atoms with Gasteiger partial charge in [-0.25, -0.2) is 0 Å². The lowest BCUT2D eigenvalue weighted by molar-refractivity contribution is 0.165. The predicted octanol–water partition coefficient (Wildman–Crippen LogP) is 0.864. The van der Waals surface area contributed by atoms with Crippen molar-refractivity contribution in [3.05, 3.63) is 0 Å². The number of nitrogens with zero attached hydrogens (tertiary/aromatic N) is 1. The van der Waals surface area contributed by atoms with Crippen molar-refractivity contribution in [3.63, 3.8) is 0 Å². The lowest BCUT2D eigenvalue weighted by Gasteiger charge is -2.29. The molecular formula is C10H22N2O2S. The quantitative estimate of drug-likeness (QED) is 0.522. The maximum Gasteiger partial charge on any atom is 0.169 e. The highest BCUT2D eigenvalue weighted by molar-refractivity contribution is 7.80. The second-order valence-electron chi connectivity index (χ2n) is 3.50. The Balaban J connectivity index is 3.93. The Morgan fingerprint density at radius 1 is 1.27 bits per heavy atom. The number of hydrogen-bond acceptors (Lipinski definition) is 3. The van der Waals surface area contributed by atoms with Crippen LogP contribution in [0.5, 0.6) is 0 Å². The highest BCUT2D eigenvalue weighted by Crippen LogP contribution is 1.98. The Morgan fingerprint density at radius 3 is 2.33 bits per heavy atom. The van der Waals surface area contributed by atoms with Crippen LogP contribution in [0.25, 0.3) is 0 Å². The molecule has 1 N–H and O–H groups in total. The Morgan fingerprint density at radius 2 is 1.87 bits per heavy atom. The third kappa shape index (κ3) is 6.65. The van der Waals surface area contributed by atoms with Crippen molar-refractivity contribution in [2.75, 3.05) is 40.5 Å². The average Bonchev–Trinajstić information content (AvgIpc) is 2.18. The van der Waals surface area contributed by atoms with E-state index in [1.807, 2.05) is 0 Å². The molecule has 0 aromatic carbocycles. The van der Waals surface area contributed by atoms with Crippen molar-refractivity contribution in [2.45, 2.75) is 19.9 Å². The van der Waals surface area contributed by atoms with E-state index >= 15 is 0 Å². The topological polar surface area (TPSA) is 33.7 Å². The summed E-state index contributed by atoms with van der Waals surface area (Å²) < 4.78 is 9.99. The molecule has 0 heterocycles. The molecule has 0 aliphatic carbocycles. The SMILES string of the molecule is COCCNC(=S)N(CCOC)C(C)C. The lowest BCUT2D eigenvalue weighted by Crippen LogP contribution is -2.46. The maximum atomic E-state index is 5.28. The van der Waals surface area contributed by atoms with Crippen LogP contribution in [-0.4, -0.2) is 56.6 Å². The lowest BCUT2D eigenvalue weighted by atomic mass is 10.3. The molecule has 0 radical (unpaired) electrons. The fourth-order valence-corrected chi connectivity index (χ4v) is 1.55. The molecule has 0 aliphatic heterocycles. The molecule has 0 saturated carbocycles. The monoisotopic (exact) mass is 234 g/mol. The van der Waals surface area contributed by atoms with Gasteiger partial charge in [-0.15, -0.1) is 0 Å². The van der Waals surface area contributed by atoms with E-state index in [0.29, 0.717) is 19.3 Å². The van der Waals surface area contributed by atoms with Crippen LogP contribution in [0.1, 0.15) is 13.8 Å². The molecule has 5 heteroatoms. The molecule has 0 atom stereocenters. The molecule has 0 aromatic rings. The molecule has 0 saturated heterocycles. The number of nitrogens with one attached hydrogen (secondary N) is 1. The van der Waals surface area contributed by atoms with Crippen LogP contribution in [0.2, 0.25) is 0 Å². The summed E-state index contributed by atoms with van der Waals surface area (Å²) in [6.07, 6.45) is 0. The zero-order valence-corrected chi connectivity index (χ0v) is 10.9. The average molecular weight is 234 g/mol. The Labute approximate surface area is 97.9 Å². The van der Waals surface area contributed by atoms with Crippen LogP contribution < -0.4 is 5.32 Å². The van der Waals surface area contributed by atoms with Crippen LogP contribution in [0.4, 0.5) is 0 Å². The predicted molar refractivity (Wildman–Crippen MR) is 66.2 cm³/mol. The first-order valence-electron chi connectivity index (χ1n) is 5.15. The van der Waals surface area contributed by atoms with Crippen molar-refractivity contribution in [3.8, 4) is 0 Å². The van der Waals surface area contributed by atoms with Gasteiger partial charge in [0.1, 0.15) is 0 Å². The molecule has 90 valence electrons. The van der Waals surface area contributed by atoms with E-state index in [-0.39, 0.29) is 0 Å². The van der Waals surface area contributed by atoms with Gasteiger partial charge in [0.25, 0.3) is 0 Å². The normalized spacial score (nSPS) is 10.5. The summed E-state index contributed by atoms with van der Waals surface area (Å²) in [6, 6.07) is 0.377. The van der Waals surface area contributed by atoms with Gasteiger partial charge in [-0.2, -0.15) is 0 Å². The van der Waals surface area contributed by atoms with E-state index < -0.39 is 0 Å². The second-order valence-corrected chi connectivity index (χ2v) is 3.89. The Hall–Kier alpha value is -0.390. The summed E-state index contributed by atoms with van der Waals surface area (Å²) in [5.74, 6) is 0. The molecule has 0 rings (SSSR count). The first kappa shape index (κ1) is 14.6. The van der Waals surface area contributed by atoms with Crippen LogP contribution >= 0.6 is 12.2 Å². The van der Waals surface area contributed by atoms with E-state index in [4.69, 9.17) is 21.7 Å². The van der Waals surface area contributed by atoms with Gasteiger partial charge in [0.2, 0.25) is 0 Å². The fraction of sp³-hybridized carbons (Fsp3) is 0.900. The first-order valence-corrected chi connectivity index (χ1v) is 5.56. The maximum absolute atomic E-state index is 5.28. The summed E-state index contributed by atoms with van der Waals surface area (Å²) in [7, 11) is 3.37. The summed E-state index contributed by atoms with van der Waals surface area (Å²) in [4.78, 5) is 2.11. The van der Waals surface area contributed by atoms with Crippen LogP contribution in [0.15, 0.2) is 0 Å². The highest BCUT2D eigenvalue weighted by Gasteiger charge is 2.11. The van der Waals surface area contributed by atoms with Crippen LogP contribution in [-0.2, 0) is 9.47 Å². The van der Waals surface area contributed by atoms with Crippen molar-refractivity contribution in [2.24, 2.45) is 0 Å². The van der Waals surface area contributed by atoms with Gasteiger partial charge < -0.3 is 19.7 Å². The van der Waals surface area contributed by atoms with Gasteiger partial charge in [0, 0.05) is 33.4 Å². The smallest absolute Gasteiger partial charge is 0.169 e. The minimum atomic E-state index is 0.377. The molecule has 0 amide bonds. The molecule has 0 unspecified atom stereocenters. The molecule has 0 aliphatic rings. The minimum Gasteiger partial charge on any atom is -0.383 e. The summed E-state index contributed by atoms with van der Waals surface area (Å²) in [5, 5.41) is 3.91. The zero-order chi connectivity index (χ0) is 11.7. The zero-order valence-electron chi connectivity index (χ0n) is 10.1. The van der Waals surface area contributed by atoms with E-state index in [1.54, 1.807) is 14.2 Å². The summed E-state index contributed by atoms with van der Waals surface area (Å²) in [5.41, 5.74) is 0. The van der Waals surface area contributed by atoms with Gasteiger partial charge in [-0.05, 0) is 26.1 Å². The molecule has 0 aromatic heterocycles. The Bertz CT molecular complexity index is 177. The third-order valence-electron chi connectivity index (χ3n) is 2.00. The van der Waals surface area contributed by atoms with Gasteiger partial charge in [0.15, 0.2) is 5.11 Å². The standard InChI is InChI=1S/C10H22N2O2S/c1-9(2)12(6-8-14-4)10(15)11-5-7-13-3/h9H,5-8H2,1-4H3,(H,11,15). The molecular weight excluding hydrogens is 212 g/mol. The second kappa shape index (κ2) is 8.88. The van der Waals surface area contributed by atoms with Gasteiger partial charge in [0.05, 0.1) is 13.2 Å². The first-order chi connectivity index (χ1) is 7.13. The largest absolute Gasteiger partial charge is 0.383 e. The van der Waals surface area contributed by atoms with E-state index in [1.165, 1.54) is 0 Å². The number of thiocarbonyl (C=S) groups is 1.